The molecule has 0 bridgehead atoms. The van der Waals surface area contributed by atoms with E-state index >= 15 is 0 Å². The Kier molecular flexibility index (Phi) is 1.49. The summed E-state index contributed by atoms with van der Waals surface area (Å²) in [7, 11) is 0. The van der Waals surface area contributed by atoms with Crippen LogP contribution in [0.15, 0.2) is 24.7 Å². The molecular formula is C8H4ClN3. The van der Waals surface area contributed by atoms with E-state index in [1.807, 2.05) is 6.07 Å². The number of hydrogen-bond acceptors (Lipinski definition) is 2. The zero-order valence-electron chi connectivity index (χ0n) is 6.03. The zero-order chi connectivity index (χ0) is 8.55. The van der Waals surface area contributed by atoms with E-state index in [2.05, 4.69) is 4.98 Å². The monoisotopic (exact) mass is 177 g/mol. The Bertz CT molecular complexity index is 467. The summed E-state index contributed by atoms with van der Waals surface area (Å²) in [6.45, 7) is 0. The van der Waals surface area contributed by atoms with E-state index < -0.39 is 0 Å². The van der Waals surface area contributed by atoms with Crippen molar-refractivity contribution in [2.75, 3.05) is 0 Å². The number of halogens is 1. The van der Waals surface area contributed by atoms with Crippen LogP contribution in [0.5, 0.6) is 0 Å². The minimum absolute atomic E-state index is 0.534. The molecular weight excluding hydrogens is 174 g/mol. The Labute approximate surface area is 73.8 Å². The number of nitriles is 1. The normalized spacial score (nSPS) is 10.0. The molecule has 0 saturated heterocycles. The molecule has 2 aromatic rings. The maximum atomic E-state index is 8.70. The van der Waals surface area contributed by atoms with Crippen LogP contribution in [0.2, 0.25) is 5.02 Å². The second-order valence-corrected chi connectivity index (χ2v) is 2.73. The Balaban J connectivity index is 2.94. The predicted octanol–water partition coefficient (Wildman–Crippen LogP) is 1.86. The first-order valence-electron chi connectivity index (χ1n) is 3.33. The lowest BCUT2D eigenvalue weighted by molar-refractivity contribution is 1.12. The third-order valence-electron chi connectivity index (χ3n) is 1.64. The first kappa shape index (κ1) is 7.14. The van der Waals surface area contributed by atoms with Crippen LogP contribution in [0.3, 0.4) is 0 Å². The molecule has 3 nitrogen and oxygen atoms in total. The summed E-state index contributed by atoms with van der Waals surface area (Å²) in [5, 5.41) is 9.31. The van der Waals surface area contributed by atoms with E-state index in [4.69, 9.17) is 16.9 Å². The van der Waals surface area contributed by atoms with Crippen LogP contribution in [0, 0.1) is 11.3 Å². The minimum atomic E-state index is 0.534. The molecule has 0 aromatic carbocycles. The van der Waals surface area contributed by atoms with Gasteiger partial charge >= 0.3 is 0 Å². The Morgan fingerprint density at radius 3 is 3.08 bits per heavy atom. The van der Waals surface area contributed by atoms with Gasteiger partial charge < -0.3 is 0 Å². The van der Waals surface area contributed by atoms with E-state index in [0.29, 0.717) is 10.7 Å². The van der Waals surface area contributed by atoms with Gasteiger partial charge in [0.25, 0.3) is 0 Å². The number of fused-ring (bicyclic) bond motifs is 1. The molecule has 0 aliphatic carbocycles. The van der Waals surface area contributed by atoms with Crippen LogP contribution >= 0.6 is 11.6 Å². The molecule has 0 fully saturated rings. The Morgan fingerprint density at radius 1 is 1.50 bits per heavy atom. The molecule has 0 unspecified atom stereocenters. The van der Waals surface area contributed by atoms with Gasteiger partial charge in [0.05, 0.1) is 16.7 Å². The summed E-state index contributed by atoms with van der Waals surface area (Å²) in [6, 6.07) is 5.40. The molecule has 0 amide bonds. The maximum absolute atomic E-state index is 8.70. The third kappa shape index (κ3) is 0.858. The van der Waals surface area contributed by atoms with Crippen LogP contribution < -0.4 is 0 Å². The van der Waals surface area contributed by atoms with Gasteiger partial charge in [0.15, 0.2) is 0 Å². The van der Waals surface area contributed by atoms with Gasteiger partial charge in [-0.2, -0.15) is 5.26 Å². The second-order valence-electron chi connectivity index (χ2n) is 2.33. The summed E-state index contributed by atoms with van der Waals surface area (Å²) >= 11 is 5.86. The van der Waals surface area contributed by atoms with Gasteiger partial charge in [0, 0.05) is 0 Å². The standard InChI is InChI=1S/C8H4ClN3/c9-7-2-1-6(3-10)12-5-11-4-8(7)12/h1-2,4-5H. The Hall–Kier alpha value is -1.53. The van der Waals surface area contributed by atoms with Gasteiger partial charge in [-0.1, -0.05) is 11.6 Å². The SMILES string of the molecule is N#Cc1ccc(Cl)c2cncn12. The van der Waals surface area contributed by atoms with Crippen LogP contribution in [0.1, 0.15) is 5.69 Å². The molecule has 0 atom stereocenters. The molecule has 2 aromatic heterocycles. The summed E-state index contributed by atoms with van der Waals surface area (Å²) in [5.41, 5.74) is 1.29. The molecule has 0 aliphatic rings. The lowest BCUT2D eigenvalue weighted by Gasteiger charge is -1.97. The predicted molar refractivity (Wildman–Crippen MR) is 44.9 cm³/mol. The molecule has 4 heteroatoms. The highest BCUT2D eigenvalue weighted by Crippen LogP contribution is 2.17. The summed E-state index contributed by atoms with van der Waals surface area (Å²) in [6.07, 6.45) is 3.20. The molecule has 2 heterocycles. The largest absolute Gasteiger partial charge is 0.289 e. The van der Waals surface area contributed by atoms with Crippen molar-refractivity contribution in [3.05, 3.63) is 35.4 Å². The Morgan fingerprint density at radius 2 is 2.33 bits per heavy atom. The van der Waals surface area contributed by atoms with Crippen LogP contribution in [-0.4, -0.2) is 9.38 Å². The van der Waals surface area contributed by atoms with Crippen molar-refractivity contribution >= 4 is 17.1 Å². The molecule has 0 N–H and O–H groups in total. The number of nitrogens with zero attached hydrogens (tertiary/aromatic N) is 3. The third-order valence-corrected chi connectivity index (χ3v) is 1.96. The van der Waals surface area contributed by atoms with E-state index in [1.54, 1.807) is 29.1 Å². The van der Waals surface area contributed by atoms with Gasteiger partial charge in [0.1, 0.15) is 18.1 Å². The summed E-state index contributed by atoms with van der Waals surface area (Å²) in [5.74, 6) is 0. The lowest BCUT2D eigenvalue weighted by Crippen LogP contribution is -1.89. The molecule has 12 heavy (non-hydrogen) atoms. The fourth-order valence-electron chi connectivity index (χ4n) is 1.07. The van der Waals surface area contributed by atoms with Crippen molar-refractivity contribution in [1.82, 2.24) is 9.38 Å². The number of hydrogen-bond donors (Lipinski definition) is 0. The van der Waals surface area contributed by atoms with Gasteiger partial charge in [-0.3, -0.25) is 4.40 Å². The number of rotatable bonds is 0. The maximum Gasteiger partial charge on any atom is 0.126 e. The van der Waals surface area contributed by atoms with Crippen LogP contribution in [0.25, 0.3) is 5.52 Å². The van der Waals surface area contributed by atoms with E-state index in [1.165, 1.54) is 0 Å². The highest BCUT2D eigenvalue weighted by Gasteiger charge is 2.02. The molecule has 0 spiro atoms. The number of pyridine rings is 1. The van der Waals surface area contributed by atoms with Crippen molar-refractivity contribution < 1.29 is 0 Å². The van der Waals surface area contributed by atoms with Gasteiger partial charge in [-0.05, 0) is 12.1 Å². The highest BCUT2D eigenvalue weighted by atomic mass is 35.5. The first-order chi connectivity index (χ1) is 5.83. The molecule has 0 saturated carbocycles. The molecule has 58 valence electrons. The van der Waals surface area contributed by atoms with Crippen molar-refractivity contribution in [1.29, 1.82) is 5.26 Å². The van der Waals surface area contributed by atoms with Gasteiger partial charge in [-0.25, -0.2) is 4.98 Å². The molecule has 0 aliphatic heterocycles. The van der Waals surface area contributed by atoms with Crippen molar-refractivity contribution in [2.45, 2.75) is 0 Å². The van der Waals surface area contributed by atoms with E-state index in [0.717, 1.165) is 5.52 Å². The molecule has 2 rings (SSSR count). The molecule has 0 radical (unpaired) electrons. The lowest BCUT2D eigenvalue weighted by atomic mass is 10.3. The van der Waals surface area contributed by atoms with Crippen LogP contribution in [0.4, 0.5) is 0 Å². The fourth-order valence-corrected chi connectivity index (χ4v) is 1.28. The van der Waals surface area contributed by atoms with Crippen molar-refractivity contribution in [2.24, 2.45) is 0 Å². The average molecular weight is 178 g/mol. The zero-order valence-corrected chi connectivity index (χ0v) is 6.78. The summed E-state index contributed by atoms with van der Waals surface area (Å²) in [4.78, 5) is 3.90. The van der Waals surface area contributed by atoms with Gasteiger partial charge in [0.2, 0.25) is 0 Å². The number of aromatic nitrogens is 2. The average Bonchev–Trinajstić information content (AvgIpc) is 2.54. The van der Waals surface area contributed by atoms with Crippen molar-refractivity contribution in [3.8, 4) is 6.07 Å². The second kappa shape index (κ2) is 2.50. The van der Waals surface area contributed by atoms with Crippen molar-refractivity contribution in [3.63, 3.8) is 0 Å². The fraction of sp³-hybridized carbons (Fsp3) is 0. The number of imidazole rings is 1. The van der Waals surface area contributed by atoms with Crippen LogP contribution in [-0.2, 0) is 0 Å². The minimum Gasteiger partial charge on any atom is -0.289 e. The van der Waals surface area contributed by atoms with E-state index in [-0.39, 0.29) is 0 Å². The smallest absolute Gasteiger partial charge is 0.126 e. The van der Waals surface area contributed by atoms with Gasteiger partial charge in [-0.15, -0.1) is 0 Å². The van der Waals surface area contributed by atoms with E-state index in [9.17, 15) is 0 Å². The topological polar surface area (TPSA) is 41.1 Å². The first-order valence-corrected chi connectivity index (χ1v) is 3.71. The summed E-state index contributed by atoms with van der Waals surface area (Å²) < 4.78 is 1.66. The quantitative estimate of drug-likeness (QED) is 0.616. The highest BCUT2D eigenvalue weighted by molar-refractivity contribution is 6.33.